The summed E-state index contributed by atoms with van der Waals surface area (Å²) in [6, 6.07) is 4.63. The molecule has 0 aliphatic heterocycles. The zero-order valence-electron chi connectivity index (χ0n) is 6.25. The van der Waals surface area contributed by atoms with Gasteiger partial charge in [-0.3, -0.25) is 0 Å². The van der Waals surface area contributed by atoms with Crippen LogP contribution in [0.3, 0.4) is 0 Å². The van der Waals surface area contributed by atoms with E-state index in [0.717, 1.165) is 0 Å². The van der Waals surface area contributed by atoms with E-state index in [0.29, 0.717) is 10.6 Å². The highest BCUT2D eigenvalue weighted by atomic mass is 35.5. The lowest BCUT2D eigenvalue weighted by Crippen LogP contribution is -2.06. The number of halogens is 1. The van der Waals surface area contributed by atoms with Crippen LogP contribution in [0.15, 0.2) is 18.2 Å². The second-order valence-electron chi connectivity index (χ2n) is 2.31. The van der Waals surface area contributed by atoms with Gasteiger partial charge in [-0.2, -0.15) is 0 Å². The third-order valence-corrected chi connectivity index (χ3v) is 1.76. The summed E-state index contributed by atoms with van der Waals surface area (Å²) in [4.78, 5) is 10.6. The lowest BCUT2D eigenvalue weighted by Gasteiger charge is -2.02. The largest absolute Gasteiger partial charge is 0.478 e. The number of nitrogens with two attached hydrogens (primary N) is 1. The molecular weight excluding hydrogens is 178 g/mol. The molecule has 64 valence electrons. The summed E-state index contributed by atoms with van der Waals surface area (Å²) in [6.07, 6.45) is 0. The Kier molecular flexibility index (Phi) is 2.68. The van der Waals surface area contributed by atoms with Gasteiger partial charge in [-0.05, 0) is 17.7 Å². The van der Waals surface area contributed by atoms with E-state index < -0.39 is 5.97 Å². The number of carbonyl (C=O) groups is 1. The van der Waals surface area contributed by atoms with Crippen molar-refractivity contribution in [2.75, 3.05) is 0 Å². The highest BCUT2D eigenvalue weighted by molar-refractivity contribution is 6.30. The molecule has 0 radical (unpaired) electrons. The molecule has 0 aliphatic carbocycles. The van der Waals surface area contributed by atoms with Crippen LogP contribution in [0.4, 0.5) is 0 Å². The molecule has 0 saturated heterocycles. The minimum atomic E-state index is -1.00. The zero-order valence-corrected chi connectivity index (χ0v) is 7.01. The van der Waals surface area contributed by atoms with Gasteiger partial charge in [-0.15, -0.1) is 0 Å². The van der Waals surface area contributed by atoms with E-state index >= 15 is 0 Å². The number of hydrogen-bond donors (Lipinski definition) is 2. The van der Waals surface area contributed by atoms with Crippen molar-refractivity contribution in [3.63, 3.8) is 0 Å². The van der Waals surface area contributed by atoms with Gasteiger partial charge in [0, 0.05) is 11.6 Å². The number of carboxylic acids is 1. The Morgan fingerprint density at radius 2 is 2.25 bits per heavy atom. The fraction of sp³-hybridized carbons (Fsp3) is 0.125. The number of aromatic carboxylic acids is 1. The highest BCUT2D eigenvalue weighted by Gasteiger charge is 2.08. The van der Waals surface area contributed by atoms with Gasteiger partial charge in [0.25, 0.3) is 0 Å². The Morgan fingerprint density at radius 3 is 2.75 bits per heavy atom. The van der Waals surface area contributed by atoms with Crippen molar-refractivity contribution in [2.45, 2.75) is 6.54 Å². The molecule has 1 aromatic carbocycles. The molecule has 0 saturated carbocycles. The topological polar surface area (TPSA) is 63.3 Å². The van der Waals surface area contributed by atoms with Gasteiger partial charge in [0.2, 0.25) is 0 Å². The van der Waals surface area contributed by atoms with Gasteiger partial charge < -0.3 is 10.8 Å². The van der Waals surface area contributed by atoms with Crippen LogP contribution < -0.4 is 5.73 Å². The Labute approximate surface area is 74.8 Å². The Morgan fingerprint density at radius 1 is 1.58 bits per heavy atom. The van der Waals surface area contributed by atoms with E-state index in [1.54, 1.807) is 12.1 Å². The first kappa shape index (κ1) is 9.03. The molecule has 4 heteroatoms. The monoisotopic (exact) mass is 185 g/mol. The standard InChI is InChI=1S/C8H8ClNO2/c9-6-2-1-5(4-10)7(3-6)8(11)12/h1-3H,4,10H2,(H,11,12). The van der Waals surface area contributed by atoms with Crippen molar-refractivity contribution < 1.29 is 9.90 Å². The lowest BCUT2D eigenvalue weighted by atomic mass is 10.1. The summed E-state index contributed by atoms with van der Waals surface area (Å²) >= 11 is 5.61. The smallest absolute Gasteiger partial charge is 0.336 e. The first-order valence-corrected chi connectivity index (χ1v) is 3.74. The molecule has 0 aromatic heterocycles. The number of hydrogen-bond acceptors (Lipinski definition) is 2. The fourth-order valence-corrected chi connectivity index (χ4v) is 1.10. The van der Waals surface area contributed by atoms with Crippen LogP contribution in [0.5, 0.6) is 0 Å². The maximum Gasteiger partial charge on any atom is 0.336 e. The van der Waals surface area contributed by atoms with Gasteiger partial charge in [0.15, 0.2) is 0 Å². The molecular formula is C8H8ClNO2. The predicted octanol–water partition coefficient (Wildman–Crippen LogP) is 1.50. The van der Waals surface area contributed by atoms with E-state index in [-0.39, 0.29) is 12.1 Å². The van der Waals surface area contributed by atoms with Gasteiger partial charge in [-0.1, -0.05) is 17.7 Å². The molecule has 3 nitrogen and oxygen atoms in total. The predicted molar refractivity (Wildman–Crippen MR) is 46.3 cm³/mol. The van der Waals surface area contributed by atoms with E-state index in [1.165, 1.54) is 6.07 Å². The minimum Gasteiger partial charge on any atom is -0.478 e. The first-order valence-electron chi connectivity index (χ1n) is 3.37. The zero-order chi connectivity index (χ0) is 9.14. The average Bonchev–Trinajstić information content (AvgIpc) is 2.04. The van der Waals surface area contributed by atoms with Crippen LogP contribution in [0.25, 0.3) is 0 Å². The molecule has 0 aliphatic rings. The summed E-state index contributed by atoms with van der Waals surface area (Å²) < 4.78 is 0. The van der Waals surface area contributed by atoms with Crippen LogP contribution in [0, 0.1) is 0 Å². The van der Waals surface area contributed by atoms with E-state index in [9.17, 15) is 4.79 Å². The molecule has 3 N–H and O–H groups in total. The summed E-state index contributed by atoms with van der Waals surface area (Å²) in [5.41, 5.74) is 6.09. The van der Waals surface area contributed by atoms with Gasteiger partial charge in [0.05, 0.1) is 5.56 Å². The van der Waals surface area contributed by atoms with Gasteiger partial charge in [-0.25, -0.2) is 4.79 Å². The fourth-order valence-electron chi connectivity index (χ4n) is 0.926. The average molecular weight is 186 g/mol. The number of carboxylic acid groups (broad SMARTS) is 1. The molecule has 0 fully saturated rings. The van der Waals surface area contributed by atoms with Gasteiger partial charge >= 0.3 is 5.97 Å². The summed E-state index contributed by atoms with van der Waals surface area (Å²) in [6.45, 7) is 0.207. The molecule has 1 rings (SSSR count). The van der Waals surface area contributed by atoms with Crippen molar-refractivity contribution in [1.82, 2.24) is 0 Å². The van der Waals surface area contributed by atoms with Crippen molar-refractivity contribution in [3.8, 4) is 0 Å². The van der Waals surface area contributed by atoms with E-state index in [2.05, 4.69) is 0 Å². The van der Waals surface area contributed by atoms with Gasteiger partial charge in [0.1, 0.15) is 0 Å². The molecule has 0 heterocycles. The molecule has 0 spiro atoms. The molecule has 0 bridgehead atoms. The first-order chi connectivity index (χ1) is 5.65. The van der Waals surface area contributed by atoms with Crippen molar-refractivity contribution in [3.05, 3.63) is 34.3 Å². The van der Waals surface area contributed by atoms with E-state index in [1.807, 2.05) is 0 Å². The highest BCUT2D eigenvalue weighted by Crippen LogP contribution is 2.15. The molecule has 0 amide bonds. The van der Waals surface area contributed by atoms with Crippen LogP contribution >= 0.6 is 11.6 Å². The Balaban J connectivity index is 3.21. The molecule has 0 atom stereocenters. The third-order valence-electron chi connectivity index (χ3n) is 1.52. The quantitative estimate of drug-likeness (QED) is 0.734. The molecule has 1 aromatic rings. The summed E-state index contributed by atoms with van der Waals surface area (Å²) in [5.74, 6) is -1.00. The minimum absolute atomic E-state index is 0.171. The molecule has 0 unspecified atom stereocenters. The SMILES string of the molecule is NCc1ccc(Cl)cc1C(=O)O. The third kappa shape index (κ3) is 1.75. The van der Waals surface area contributed by atoms with Crippen LogP contribution in [-0.4, -0.2) is 11.1 Å². The Bertz CT molecular complexity index is 312. The van der Waals surface area contributed by atoms with E-state index in [4.69, 9.17) is 22.4 Å². The maximum absolute atomic E-state index is 10.6. The normalized spacial score (nSPS) is 9.83. The van der Waals surface area contributed by atoms with Crippen molar-refractivity contribution >= 4 is 17.6 Å². The van der Waals surface area contributed by atoms with Crippen LogP contribution in [-0.2, 0) is 6.54 Å². The number of benzene rings is 1. The van der Waals surface area contributed by atoms with Crippen molar-refractivity contribution in [2.24, 2.45) is 5.73 Å². The van der Waals surface area contributed by atoms with Crippen molar-refractivity contribution in [1.29, 1.82) is 0 Å². The number of rotatable bonds is 2. The summed E-state index contributed by atoms with van der Waals surface area (Å²) in [7, 11) is 0. The lowest BCUT2D eigenvalue weighted by molar-refractivity contribution is 0.0695. The maximum atomic E-state index is 10.6. The molecule has 12 heavy (non-hydrogen) atoms. The Hall–Kier alpha value is -1.06. The van der Waals surface area contributed by atoms with Crippen LogP contribution in [0.2, 0.25) is 5.02 Å². The summed E-state index contributed by atoms with van der Waals surface area (Å²) in [5, 5.41) is 9.11. The second-order valence-corrected chi connectivity index (χ2v) is 2.75. The second kappa shape index (κ2) is 3.56. The van der Waals surface area contributed by atoms with Crippen LogP contribution in [0.1, 0.15) is 15.9 Å².